The first-order chi connectivity index (χ1) is 21.9. The molecule has 1 unspecified atom stereocenters. The van der Waals surface area contributed by atoms with Crippen LogP contribution < -0.4 is 10.6 Å². The predicted octanol–water partition coefficient (Wildman–Crippen LogP) is 1.08. The third kappa shape index (κ3) is 4.92. The van der Waals surface area contributed by atoms with E-state index < -0.39 is 68.3 Å². The largest absolute Gasteiger partial charge is 0.459 e. The zero-order chi connectivity index (χ0) is 33.0. The second kappa shape index (κ2) is 11.4. The van der Waals surface area contributed by atoms with Gasteiger partial charge in [-0.2, -0.15) is 0 Å². The summed E-state index contributed by atoms with van der Waals surface area (Å²) in [6.07, 6.45) is 0.368. The van der Waals surface area contributed by atoms with Gasteiger partial charge in [0, 0.05) is 38.2 Å². The number of β-lactam (4-membered cyclic amide) rings is 1. The second-order valence-electron chi connectivity index (χ2n) is 11.6. The zero-order valence-corrected chi connectivity index (χ0v) is 25.7. The van der Waals surface area contributed by atoms with Crippen LogP contribution in [0.5, 0.6) is 0 Å². The Hall–Kier alpha value is -4.99. The lowest BCUT2D eigenvalue weighted by molar-refractivity contribution is -0.384. The van der Waals surface area contributed by atoms with Gasteiger partial charge in [-0.25, -0.2) is 9.59 Å². The molecule has 2 aromatic carbocycles. The van der Waals surface area contributed by atoms with Crippen molar-refractivity contribution in [2.24, 2.45) is 0 Å². The van der Waals surface area contributed by atoms with Crippen LogP contribution in [0.4, 0.5) is 10.5 Å². The van der Waals surface area contributed by atoms with E-state index in [0.717, 1.165) is 4.90 Å². The maximum absolute atomic E-state index is 13.6. The standard InChI is InChI=1S/C30H30N6O9S/c1-3-33-13-14-34(25(40)24(33)39)28(42)32-20(18-7-5-4-6-8-18)22(37)31-21-23(38)35-26(21)46-29(2)16-30(29,35)27(41)45-15-17-9-11-19(12-10-17)36(43)44/h4-12,20-21,26H,3,13-16H2,1-2H3,(H,31,37)(H,32,42)/t20?,21-,26-,29-,30-/m1/s1. The number of nitro groups is 1. The average molecular weight is 651 g/mol. The van der Waals surface area contributed by atoms with Gasteiger partial charge < -0.3 is 25.2 Å². The summed E-state index contributed by atoms with van der Waals surface area (Å²) in [5.41, 5.74) is -0.359. The molecule has 1 aliphatic carbocycles. The van der Waals surface area contributed by atoms with Crippen LogP contribution >= 0.6 is 11.8 Å². The number of piperazine rings is 1. The zero-order valence-electron chi connectivity index (χ0n) is 24.8. The maximum Gasteiger partial charge on any atom is 0.333 e. The molecule has 0 radical (unpaired) electrons. The number of hydrogen-bond donors (Lipinski definition) is 2. The number of carbonyl (C=O) groups is 6. The maximum atomic E-state index is 13.6. The molecule has 46 heavy (non-hydrogen) atoms. The fourth-order valence-electron chi connectivity index (χ4n) is 6.24. The van der Waals surface area contributed by atoms with E-state index in [1.54, 1.807) is 37.3 Å². The summed E-state index contributed by atoms with van der Waals surface area (Å²) >= 11 is 1.38. The molecule has 6 amide bonds. The Morgan fingerprint density at radius 1 is 1.07 bits per heavy atom. The third-order valence-electron chi connectivity index (χ3n) is 8.93. The molecule has 6 rings (SSSR count). The minimum atomic E-state index is -1.29. The number of carbonyl (C=O) groups excluding carboxylic acids is 6. The van der Waals surface area contributed by atoms with Crippen molar-refractivity contribution in [2.45, 2.75) is 54.6 Å². The van der Waals surface area contributed by atoms with Crippen LogP contribution in [0.15, 0.2) is 54.6 Å². The van der Waals surface area contributed by atoms with Crippen LogP contribution in [-0.4, -0.2) is 96.6 Å². The van der Waals surface area contributed by atoms with Crippen LogP contribution in [0.25, 0.3) is 0 Å². The van der Waals surface area contributed by atoms with Crippen molar-refractivity contribution in [2.75, 3.05) is 19.6 Å². The Labute approximate surface area is 266 Å². The SMILES string of the molecule is CCN1CCN(C(=O)NC(C(=O)N[C@@H]2C(=O)N3[C@@H]2S[C@]2(C)C[C@]32C(=O)OCc2ccc([N+](=O)[O-])cc2)c2ccccc2)C(=O)C1=O. The summed E-state index contributed by atoms with van der Waals surface area (Å²) in [5, 5.41) is 15.6. The van der Waals surface area contributed by atoms with E-state index in [2.05, 4.69) is 10.6 Å². The molecule has 240 valence electrons. The van der Waals surface area contributed by atoms with Gasteiger partial charge >= 0.3 is 23.8 Å². The van der Waals surface area contributed by atoms with Gasteiger partial charge in [0.1, 0.15) is 24.1 Å². The lowest BCUT2D eigenvalue weighted by atomic mass is 9.99. The van der Waals surface area contributed by atoms with Gasteiger partial charge in [-0.3, -0.25) is 34.2 Å². The van der Waals surface area contributed by atoms with Crippen LogP contribution in [0.3, 0.4) is 0 Å². The molecule has 3 aliphatic heterocycles. The fraction of sp³-hybridized carbons (Fsp3) is 0.400. The molecule has 0 aromatic heterocycles. The van der Waals surface area contributed by atoms with Crippen molar-refractivity contribution in [1.82, 2.24) is 25.3 Å². The van der Waals surface area contributed by atoms with Gasteiger partial charge in [0.2, 0.25) is 11.8 Å². The summed E-state index contributed by atoms with van der Waals surface area (Å²) in [6, 6.07) is 10.7. The highest BCUT2D eigenvalue weighted by Crippen LogP contribution is 2.72. The van der Waals surface area contributed by atoms with E-state index in [4.69, 9.17) is 4.74 Å². The Kier molecular flexibility index (Phi) is 7.70. The van der Waals surface area contributed by atoms with Gasteiger partial charge in [-0.1, -0.05) is 30.3 Å². The number of amides is 6. The summed E-state index contributed by atoms with van der Waals surface area (Å²) in [5.74, 6) is -3.59. The van der Waals surface area contributed by atoms with Gasteiger partial charge in [-0.15, -0.1) is 11.8 Å². The van der Waals surface area contributed by atoms with E-state index in [0.29, 0.717) is 24.1 Å². The molecule has 4 aliphatic rings. The molecular weight excluding hydrogens is 620 g/mol. The molecule has 1 saturated carbocycles. The summed E-state index contributed by atoms with van der Waals surface area (Å²) < 4.78 is 4.92. The molecule has 4 fully saturated rings. The van der Waals surface area contributed by atoms with Gasteiger partial charge in [0.15, 0.2) is 5.54 Å². The Balaban J connectivity index is 1.13. The number of nitrogens with one attached hydrogen (secondary N) is 2. The van der Waals surface area contributed by atoms with E-state index in [-0.39, 0.29) is 25.4 Å². The molecule has 2 N–H and O–H groups in total. The van der Waals surface area contributed by atoms with Crippen LogP contribution in [0.2, 0.25) is 0 Å². The van der Waals surface area contributed by atoms with Crippen LogP contribution in [-0.2, 0) is 35.3 Å². The molecule has 15 nitrogen and oxygen atoms in total. The van der Waals surface area contributed by atoms with Crippen molar-refractivity contribution in [3.05, 3.63) is 75.8 Å². The topological polar surface area (TPSA) is 189 Å². The highest BCUT2D eigenvalue weighted by atomic mass is 32.2. The van der Waals surface area contributed by atoms with Crippen molar-refractivity contribution >= 4 is 53.1 Å². The molecule has 0 spiro atoms. The molecular formula is C30H30N6O9S. The number of ether oxygens (including phenoxy) is 1. The minimum absolute atomic E-state index is 0.0386. The Morgan fingerprint density at radius 3 is 2.41 bits per heavy atom. The van der Waals surface area contributed by atoms with Gasteiger partial charge in [0.05, 0.1) is 9.67 Å². The molecule has 16 heteroatoms. The molecule has 3 saturated heterocycles. The number of imide groups is 1. The van der Waals surface area contributed by atoms with Crippen molar-refractivity contribution in [3.63, 3.8) is 0 Å². The first kappa shape index (κ1) is 31.0. The van der Waals surface area contributed by atoms with E-state index in [1.807, 2.05) is 6.92 Å². The van der Waals surface area contributed by atoms with Gasteiger partial charge in [-0.05, 0) is 37.1 Å². The fourth-order valence-corrected chi connectivity index (χ4v) is 8.15. The lowest BCUT2D eigenvalue weighted by Gasteiger charge is -2.46. The number of nitro benzene ring substituents is 1. The Morgan fingerprint density at radius 2 is 1.76 bits per heavy atom. The average Bonchev–Trinajstić information content (AvgIpc) is 3.59. The number of thioether (sulfide) groups is 1. The molecule has 5 atom stereocenters. The normalized spacial score (nSPS) is 26.8. The number of non-ortho nitro benzene ring substituents is 1. The summed E-state index contributed by atoms with van der Waals surface area (Å²) in [6.45, 7) is 3.88. The van der Waals surface area contributed by atoms with Crippen molar-refractivity contribution < 1.29 is 38.4 Å². The monoisotopic (exact) mass is 650 g/mol. The number of esters is 1. The highest BCUT2D eigenvalue weighted by molar-refractivity contribution is 8.02. The molecule has 0 bridgehead atoms. The van der Waals surface area contributed by atoms with E-state index in [9.17, 15) is 38.9 Å². The molecule has 2 aromatic rings. The number of rotatable bonds is 9. The lowest BCUT2D eigenvalue weighted by Crippen LogP contribution is -2.72. The van der Waals surface area contributed by atoms with Gasteiger partial charge in [0.25, 0.3) is 5.69 Å². The Bertz CT molecular complexity index is 1660. The van der Waals surface area contributed by atoms with Crippen molar-refractivity contribution in [3.8, 4) is 0 Å². The first-order valence-electron chi connectivity index (χ1n) is 14.6. The first-order valence-corrected chi connectivity index (χ1v) is 15.5. The van der Waals surface area contributed by atoms with E-state index in [1.165, 1.54) is 45.8 Å². The smallest absolute Gasteiger partial charge is 0.333 e. The number of fused-ring (bicyclic) bond motifs is 3. The minimum Gasteiger partial charge on any atom is -0.459 e. The predicted molar refractivity (Wildman–Crippen MR) is 160 cm³/mol. The van der Waals surface area contributed by atoms with Crippen LogP contribution in [0, 0.1) is 10.1 Å². The van der Waals surface area contributed by atoms with Crippen molar-refractivity contribution in [1.29, 1.82) is 0 Å². The number of hydrogen-bond acceptors (Lipinski definition) is 10. The second-order valence-corrected chi connectivity index (χ2v) is 13.2. The molecule has 3 heterocycles. The highest BCUT2D eigenvalue weighted by Gasteiger charge is 2.85. The third-order valence-corrected chi connectivity index (χ3v) is 10.7. The summed E-state index contributed by atoms with van der Waals surface area (Å²) in [4.78, 5) is 92.4. The quantitative estimate of drug-likeness (QED) is 0.131. The number of urea groups is 1. The van der Waals surface area contributed by atoms with E-state index >= 15 is 0 Å². The number of benzene rings is 2. The number of nitrogens with zero attached hydrogens (tertiary/aromatic N) is 4. The van der Waals surface area contributed by atoms with Crippen LogP contribution in [0.1, 0.15) is 37.4 Å². The number of likely N-dealkylation sites (N-methyl/N-ethyl adjacent to an activating group) is 1. The summed E-state index contributed by atoms with van der Waals surface area (Å²) in [7, 11) is 0.